The highest BCUT2D eigenvalue weighted by atomic mass is 79.9. The Kier molecular flexibility index (Phi) is 2.59. The molecule has 1 aromatic carbocycles. The molecule has 0 aliphatic rings. The molecule has 4 heteroatoms. The molecule has 0 saturated heterocycles. The molecule has 0 N–H and O–H groups in total. The first-order valence-electron chi connectivity index (χ1n) is 2.92. The second-order valence-corrected chi connectivity index (χ2v) is 2.38. The van der Waals surface area contributed by atoms with Crippen LogP contribution in [0.15, 0.2) is 24.3 Å². The van der Waals surface area contributed by atoms with E-state index in [4.69, 9.17) is 0 Å². The Balaban J connectivity index is 3.12. The van der Waals surface area contributed by atoms with Gasteiger partial charge in [-0.25, -0.2) is 0 Å². The highest BCUT2D eigenvalue weighted by Gasteiger charge is 2.09. The molecule has 0 saturated carbocycles. The molecule has 0 unspecified atom stereocenters. The van der Waals surface area contributed by atoms with E-state index in [0.29, 0.717) is 5.56 Å². The minimum atomic E-state index is -0.410. The molecule has 0 atom stereocenters. The van der Waals surface area contributed by atoms with Crippen LogP contribution in [0.4, 0.5) is 5.69 Å². The van der Waals surface area contributed by atoms with E-state index >= 15 is 0 Å². The number of halogens is 1. The molecule has 1 aromatic rings. The average molecular weight is 215 g/mol. The van der Waals surface area contributed by atoms with Crippen molar-refractivity contribution in [3.63, 3.8) is 0 Å². The molecule has 0 spiro atoms. The van der Waals surface area contributed by atoms with Gasteiger partial charge in [-0.05, 0) is 0 Å². The Morgan fingerprint density at radius 3 is 2.55 bits per heavy atom. The van der Waals surface area contributed by atoms with Crippen molar-refractivity contribution in [3.8, 4) is 0 Å². The van der Waals surface area contributed by atoms with Crippen LogP contribution < -0.4 is 0 Å². The zero-order chi connectivity index (χ0) is 8.27. The third kappa shape index (κ3) is 1.77. The Morgan fingerprint density at radius 2 is 2.09 bits per heavy atom. The van der Waals surface area contributed by atoms with E-state index in [0.717, 1.165) is 0 Å². The number of para-hydroxylation sites is 1. The monoisotopic (exact) mass is 214 g/mol. The molecule has 57 valence electrons. The predicted octanol–water partition coefficient (Wildman–Crippen LogP) is 2.50. The summed E-state index contributed by atoms with van der Waals surface area (Å²) in [5.41, 5.74) is 0.696. The molecule has 1 rings (SSSR count). The first kappa shape index (κ1) is 8.20. The first-order chi connectivity index (χ1) is 5.25. The van der Waals surface area contributed by atoms with Crippen molar-refractivity contribution < 1.29 is 4.92 Å². The fourth-order valence-corrected chi connectivity index (χ4v) is 1.13. The molecule has 0 aliphatic heterocycles. The molecular weight excluding hydrogens is 210 g/mol. The van der Waals surface area contributed by atoms with E-state index in [2.05, 4.69) is 15.9 Å². The lowest BCUT2D eigenvalue weighted by Crippen LogP contribution is -1.91. The maximum absolute atomic E-state index is 10.3. The highest BCUT2D eigenvalue weighted by Crippen LogP contribution is 2.20. The second kappa shape index (κ2) is 3.48. The number of nitrogens with zero attached hydrogens (tertiary/aromatic N) is 1. The van der Waals surface area contributed by atoms with E-state index in [9.17, 15) is 10.1 Å². The number of nitro benzene ring substituents is 1. The summed E-state index contributed by atoms with van der Waals surface area (Å²) in [4.78, 5) is 9.94. The Morgan fingerprint density at radius 1 is 1.45 bits per heavy atom. The Bertz CT molecular complexity index is 275. The fraction of sp³-hybridized carbons (Fsp3) is 0. The van der Waals surface area contributed by atoms with E-state index in [1.54, 1.807) is 18.2 Å². The van der Waals surface area contributed by atoms with Crippen molar-refractivity contribution >= 4 is 21.6 Å². The predicted molar refractivity (Wildman–Crippen MR) is 45.4 cm³/mol. The molecular formula is C7H5BrNO2. The molecule has 0 aliphatic carbocycles. The van der Waals surface area contributed by atoms with Gasteiger partial charge >= 0.3 is 0 Å². The van der Waals surface area contributed by atoms with Gasteiger partial charge in [-0.3, -0.25) is 10.1 Å². The van der Waals surface area contributed by atoms with E-state index in [-0.39, 0.29) is 5.69 Å². The summed E-state index contributed by atoms with van der Waals surface area (Å²) in [5.74, 6) is 0. The van der Waals surface area contributed by atoms with Gasteiger partial charge in [0.05, 0.1) is 10.3 Å². The summed E-state index contributed by atoms with van der Waals surface area (Å²) in [6.07, 6.45) is 0. The maximum Gasteiger partial charge on any atom is 0.273 e. The first-order valence-corrected chi connectivity index (χ1v) is 3.84. The fourth-order valence-electron chi connectivity index (χ4n) is 0.746. The minimum Gasteiger partial charge on any atom is -0.258 e. The van der Waals surface area contributed by atoms with Gasteiger partial charge in [-0.2, -0.15) is 0 Å². The quantitative estimate of drug-likeness (QED) is 0.561. The Hall–Kier alpha value is -0.900. The van der Waals surface area contributed by atoms with Gasteiger partial charge in [0.15, 0.2) is 0 Å². The third-order valence-corrected chi connectivity index (χ3v) is 1.74. The maximum atomic E-state index is 10.3. The van der Waals surface area contributed by atoms with Crippen LogP contribution in [0.2, 0.25) is 0 Å². The topological polar surface area (TPSA) is 43.1 Å². The largest absolute Gasteiger partial charge is 0.273 e. The summed E-state index contributed by atoms with van der Waals surface area (Å²) >= 11 is 3.05. The van der Waals surface area contributed by atoms with Gasteiger partial charge in [0.25, 0.3) is 5.69 Å². The average Bonchev–Trinajstić information content (AvgIpc) is 2.04. The number of nitro groups is 1. The molecule has 0 amide bonds. The van der Waals surface area contributed by atoms with Gasteiger partial charge in [-0.1, -0.05) is 34.1 Å². The van der Waals surface area contributed by atoms with Crippen LogP contribution in [0.5, 0.6) is 0 Å². The summed E-state index contributed by atoms with van der Waals surface area (Å²) in [6, 6.07) is 6.53. The van der Waals surface area contributed by atoms with Crippen molar-refractivity contribution in [1.82, 2.24) is 0 Å². The van der Waals surface area contributed by atoms with Crippen LogP contribution in [-0.2, 0) is 0 Å². The SMILES string of the molecule is O=[N+]([O-])c1ccccc1[CH]Br. The van der Waals surface area contributed by atoms with E-state index in [1.165, 1.54) is 11.4 Å². The summed E-state index contributed by atoms with van der Waals surface area (Å²) < 4.78 is 0. The van der Waals surface area contributed by atoms with Crippen LogP contribution in [0, 0.1) is 15.4 Å². The second-order valence-electron chi connectivity index (χ2n) is 1.93. The normalized spacial score (nSPS) is 9.55. The standard InChI is InChI=1S/C7H5BrNO2/c8-5-6-3-1-2-4-7(6)9(10)11/h1-5H. The van der Waals surface area contributed by atoms with Crippen LogP contribution >= 0.6 is 15.9 Å². The zero-order valence-electron chi connectivity index (χ0n) is 5.53. The van der Waals surface area contributed by atoms with Crippen molar-refractivity contribution in [2.75, 3.05) is 0 Å². The molecule has 0 bridgehead atoms. The molecule has 3 nitrogen and oxygen atoms in total. The van der Waals surface area contributed by atoms with Gasteiger partial charge < -0.3 is 0 Å². The van der Waals surface area contributed by atoms with Crippen LogP contribution in [0.25, 0.3) is 0 Å². The summed E-state index contributed by atoms with van der Waals surface area (Å²) in [5, 5.41) is 11.9. The summed E-state index contributed by atoms with van der Waals surface area (Å²) in [7, 11) is 0. The molecule has 0 fully saturated rings. The van der Waals surface area contributed by atoms with Crippen LogP contribution in [0.1, 0.15) is 5.56 Å². The Labute approximate surface area is 72.3 Å². The molecule has 11 heavy (non-hydrogen) atoms. The van der Waals surface area contributed by atoms with E-state index < -0.39 is 4.92 Å². The minimum absolute atomic E-state index is 0.115. The van der Waals surface area contributed by atoms with Gasteiger partial charge in [0.2, 0.25) is 0 Å². The molecule has 1 radical (unpaired) electrons. The van der Waals surface area contributed by atoms with Gasteiger partial charge in [0, 0.05) is 11.6 Å². The third-order valence-electron chi connectivity index (χ3n) is 1.25. The van der Waals surface area contributed by atoms with Crippen molar-refractivity contribution in [2.24, 2.45) is 0 Å². The van der Waals surface area contributed by atoms with Crippen LogP contribution in [-0.4, -0.2) is 4.92 Å². The highest BCUT2D eigenvalue weighted by molar-refractivity contribution is 9.10. The molecule has 0 heterocycles. The number of hydrogen-bond donors (Lipinski definition) is 0. The van der Waals surface area contributed by atoms with Crippen LogP contribution in [0.3, 0.4) is 0 Å². The van der Waals surface area contributed by atoms with Crippen molar-refractivity contribution in [2.45, 2.75) is 0 Å². The number of rotatable bonds is 2. The smallest absolute Gasteiger partial charge is 0.258 e. The van der Waals surface area contributed by atoms with Gasteiger partial charge in [-0.15, -0.1) is 0 Å². The molecule has 0 aromatic heterocycles. The lowest BCUT2D eigenvalue weighted by atomic mass is 10.2. The van der Waals surface area contributed by atoms with Crippen molar-refractivity contribution in [3.05, 3.63) is 45.3 Å². The van der Waals surface area contributed by atoms with Crippen molar-refractivity contribution in [1.29, 1.82) is 0 Å². The summed E-state index contributed by atoms with van der Waals surface area (Å²) in [6.45, 7) is 0. The van der Waals surface area contributed by atoms with E-state index in [1.807, 2.05) is 0 Å². The zero-order valence-corrected chi connectivity index (χ0v) is 7.11. The lowest BCUT2D eigenvalue weighted by Gasteiger charge is -1.95. The number of hydrogen-bond acceptors (Lipinski definition) is 2. The number of benzene rings is 1. The lowest BCUT2D eigenvalue weighted by molar-refractivity contribution is -0.385. The van der Waals surface area contributed by atoms with Gasteiger partial charge in [0.1, 0.15) is 0 Å².